The zero-order valence-electron chi connectivity index (χ0n) is 17.3. The number of aromatic nitrogens is 2. The molecule has 2 aromatic heterocycles. The number of primary sulfonamides is 1. The number of nitrogens with zero attached hydrogens (tertiary/aromatic N) is 2. The van der Waals surface area contributed by atoms with Crippen molar-refractivity contribution in [2.24, 2.45) is 5.14 Å². The van der Waals surface area contributed by atoms with Crippen LogP contribution in [0.15, 0.2) is 83.2 Å². The fourth-order valence-corrected chi connectivity index (χ4v) is 4.58. The first-order valence-corrected chi connectivity index (χ1v) is 12.3. The topological polar surface area (TPSA) is 107 Å². The normalized spacial score (nSPS) is 12.4. The summed E-state index contributed by atoms with van der Waals surface area (Å²) in [6.45, 7) is 2.39. The van der Waals surface area contributed by atoms with E-state index in [1.165, 1.54) is 23.5 Å². The molecule has 0 saturated carbocycles. The van der Waals surface area contributed by atoms with Gasteiger partial charge in [-0.05, 0) is 41.6 Å². The number of sulfonamides is 1. The molecule has 0 radical (unpaired) electrons. The summed E-state index contributed by atoms with van der Waals surface area (Å²) in [6, 6.07) is 19.6. The van der Waals surface area contributed by atoms with Crippen molar-refractivity contribution in [3.05, 3.63) is 95.0 Å². The highest BCUT2D eigenvalue weighted by atomic mass is 32.2. The summed E-state index contributed by atoms with van der Waals surface area (Å²) in [5, 5.41) is 14.8. The van der Waals surface area contributed by atoms with E-state index in [0.29, 0.717) is 17.8 Å². The summed E-state index contributed by atoms with van der Waals surface area (Å²) in [5.74, 6) is -0.254. The maximum atomic E-state index is 13.2. The largest absolute Gasteiger partial charge is 0.345 e. The maximum absolute atomic E-state index is 13.2. The summed E-state index contributed by atoms with van der Waals surface area (Å²) in [6.07, 6.45) is 1.76. The fourth-order valence-electron chi connectivity index (χ4n) is 3.34. The van der Waals surface area contributed by atoms with E-state index in [-0.39, 0.29) is 16.8 Å². The third-order valence-electron chi connectivity index (χ3n) is 5.00. The van der Waals surface area contributed by atoms with Gasteiger partial charge in [-0.15, -0.1) is 11.3 Å². The molecule has 0 unspecified atom stereocenters. The van der Waals surface area contributed by atoms with Crippen molar-refractivity contribution in [1.82, 2.24) is 15.1 Å². The van der Waals surface area contributed by atoms with E-state index in [1.54, 1.807) is 23.0 Å². The van der Waals surface area contributed by atoms with E-state index in [9.17, 15) is 13.2 Å². The molecule has 7 nitrogen and oxygen atoms in total. The molecule has 1 amide bonds. The van der Waals surface area contributed by atoms with Crippen molar-refractivity contribution < 1.29 is 13.2 Å². The monoisotopic (exact) mass is 466 g/mol. The number of thiophene rings is 1. The van der Waals surface area contributed by atoms with Gasteiger partial charge < -0.3 is 5.32 Å². The van der Waals surface area contributed by atoms with Crippen LogP contribution in [-0.2, 0) is 16.6 Å². The molecule has 2 aromatic carbocycles. The van der Waals surface area contributed by atoms with E-state index in [0.717, 1.165) is 16.0 Å². The number of carbonyl (C=O) groups is 1. The molecule has 0 aliphatic rings. The third-order valence-corrected chi connectivity index (χ3v) is 6.81. The van der Waals surface area contributed by atoms with Gasteiger partial charge in [0.05, 0.1) is 27.9 Å². The Hall–Kier alpha value is -3.27. The number of carbonyl (C=O) groups excluding carboxylic acids is 1. The molecule has 0 aliphatic heterocycles. The molecule has 3 N–H and O–H groups in total. The average Bonchev–Trinajstić information content (AvgIpc) is 3.44. The first-order valence-electron chi connectivity index (χ1n) is 9.90. The van der Waals surface area contributed by atoms with Gasteiger partial charge in [-0.2, -0.15) is 5.10 Å². The first kappa shape index (κ1) is 21.9. The minimum Gasteiger partial charge on any atom is -0.345 e. The highest BCUT2D eigenvalue weighted by Crippen LogP contribution is 2.27. The highest BCUT2D eigenvalue weighted by Gasteiger charge is 2.21. The Kier molecular flexibility index (Phi) is 6.22. The molecular formula is C23H22N4O3S2. The molecular weight excluding hydrogens is 444 g/mol. The number of benzene rings is 2. The Bertz CT molecular complexity index is 1310. The molecule has 4 aromatic rings. The molecule has 164 valence electrons. The predicted molar refractivity (Wildman–Crippen MR) is 125 cm³/mol. The highest BCUT2D eigenvalue weighted by molar-refractivity contribution is 7.89. The Morgan fingerprint density at radius 1 is 1.09 bits per heavy atom. The van der Waals surface area contributed by atoms with Gasteiger partial charge in [-0.25, -0.2) is 13.6 Å². The zero-order valence-corrected chi connectivity index (χ0v) is 18.9. The molecule has 0 aliphatic carbocycles. The molecule has 0 fully saturated rings. The predicted octanol–water partition coefficient (Wildman–Crippen LogP) is 3.80. The third kappa shape index (κ3) is 4.96. The van der Waals surface area contributed by atoms with Crippen LogP contribution in [0.5, 0.6) is 0 Å². The van der Waals surface area contributed by atoms with E-state index in [1.807, 2.05) is 54.8 Å². The number of nitrogens with two attached hydrogens (primary N) is 1. The minimum atomic E-state index is -3.76. The lowest BCUT2D eigenvalue weighted by Gasteiger charge is -2.14. The van der Waals surface area contributed by atoms with Gasteiger partial charge in [-0.1, -0.05) is 48.5 Å². The standard InChI is InChI=1S/C23H22N4O3S2/c1-16(18-9-11-19(12-10-18)32(24,29)30)25-23(28)20-15-27(14-17-6-3-2-4-7-17)26-22(20)21-8-5-13-31-21/h2-13,15-16H,14H2,1H3,(H,25,28)(H2,24,29,30)/t16-/m0/s1. The second-order valence-electron chi connectivity index (χ2n) is 7.36. The minimum absolute atomic E-state index is 0.0296. The van der Waals surface area contributed by atoms with Crippen LogP contribution in [0.2, 0.25) is 0 Å². The molecule has 9 heteroatoms. The summed E-state index contributed by atoms with van der Waals surface area (Å²) >= 11 is 1.52. The molecule has 0 spiro atoms. The smallest absolute Gasteiger partial charge is 0.255 e. The molecule has 4 rings (SSSR count). The molecule has 1 atom stereocenters. The zero-order chi connectivity index (χ0) is 22.7. The number of hydrogen-bond donors (Lipinski definition) is 2. The van der Waals surface area contributed by atoms with Crippen molar-refractivity contribution in [3.63, 3.8) is 0 Å². The van der Waals surface area contributed by atoms with E-state index in [4.69, 9.17) is 5.14 Å². The van der Waals surface area contributed by atoms with Crippen molar-refractivity contribution in [2.75, 3.05) is 0 Å². The summed E-state index contributed by atoms with van der Waals surface area (Å²) in [4.78, 5) is 14.1. The Labute approximate surface area is 190 Å². The number of hydrogen-bond acceptors (Lipinski definition) is 5. The van der Waals surface area contributed by atoms with Crippen LogP contribution in [0.4, 0.5) is 0 Å². The van der Waals surface area contributed by atoms with Gasteiger partial charge >= 0.3 is 0 Å². The van der Waals surface area contributed by atoms with Gasteiger partial charge in [-0.3, -0.25) is 9.48 Å². The number of rotatable bonds is 7. The van der Waals surface area contributed by atoms with Crippen molar-refractivity contribution in [2.45, 2.75) is 24.4 Å². The van der Waals surface area contributed by atoms with E-state index < -0.39 is 10.0 Å². The molecule has 2 heterocycles. The lowest BCUT2D eigenvalue weighted by Crippen LogP contribution is -2.26. The maximum Gasteiger partial charge on any atom is 0.255 e. The molecule has 0 bridgehead atoms. The second-order valence-corrected chi connectivity index (χ2v) is 9.87. The Morgan fingerprint density at radius 2 is 1.81 bits per heavy atom. The number of amides is 1. The summed E-state index contributed by atoms with van der Waals surface area (Å²) < 4.78 is 24.7. The summed E-state index contributed by atoms with van der Waals surface area (Å²) in [7, 11) is -3.76. The molecule has 32 heavy (non-hydrogen) atoms. The second kappa shape index (κ2) is 9.07. The van der Waals surface area contributed by atoms with Crippen LogP contribution < -0.4 is 10.5 Å². The SMILES string of the molecule is C[C@H](NC(=O)c1cn(Cc2ccccc2)nc1-c1cccs1)c1ccc(S(N)(=O)=O)cc1. The average molecular weight is 467 g/mol. The lowest BCUT2D eigenvalue weighted by atomic mass is 10.1. The Morgan fingerprint density at radius 3 is 2.44 bits per heavy atom. The quantitative estimate of drug-likeness (QED) is 0.432. The van der Waals surface area contributed by atoms with Gasteiger partial charge in [0.1, 0.15) is 5.69 Å². The van der Waals surface area contributed by atoms with Crippen LogP contribution in [0.3, 0.4) is 0 Å². The van der Waals surface area contributed by atoms with Crippen LogP contribution >= 0.6 is 11.3 Å². The van der Waals surface area contributed by atoms with Crippen LogP contribution in [0.1, 0.15) is 34.5 Å². The van der Waals surface area contributed by atoms with Gasteiger partial charge in [0.25, 0.3) is 5.91 Å². The van der Waals surface area contributed by atoms with Crippen molar-refractivity contribution in [3.8, 4) is 10.6 Å². The van der Waals surface area contributed by atoms with Gasteiger partial charge in [0.2, 0.25) is 10.0 Å². The van der Waals surface area contributed by atoms with Crippen LogP contribution in [0.25, 0.3) is 10.6 Å². The summed E-state index contributed by atoms with van der Waals surface area (Å²) in [5.41, 5.74) is 2.96. The van der Waals surface area contributed by atoms with Gasteiger partial charge in [0.15, 0.2) is 0 Å². The van der Waals surface area contributed by atoms with Gasteiger partial charge in [0, 0.05) is 6.20 Å². The number of nitrogens with one attached hydrogen (secondary N) is 1. The van der Waals surface area contributed by atoms with Crippen molar-refractivity contribution >= 4 is 27.3 Å². The Balaban J connectivity index is 1.58. The van der Waals surface area contributed by atoms with Crippen LogP contribution in [-0.4, -0.2) is 24.1 Å². The van der Waals surface area contributed by atoms with E-state index in [2.05, 4.69) is 10.4 Å². The van der Waals surface area contributed by atoms with Crippen LogP contribution in [0, 0.1) is 0 Å². The molecule has 0 saturated heterocycles. The van der Waals surface area contributed by atoms with E-state index >= 15 is 0 Å². The first-order chi connectivity index (χ1) is 15.3. The lowest BCUT2D eigenvalue weighted by molar-refractivity contribution is 0.0940. The fraction of sp³-hybridized carbons (Fsp3) is 0.130. The van der Waals surface area contributed by atoms with Crippen molar-refractivity contribution in [1.29, 1.82) is 0 Å².